The number of aromatic nitrogens is 2. The van der Waals surface area contributed by atoms with Gasteiger partial charge in [0.15, 0.2) is 5.82 Å². The fourth-order valence-electron chi connectivity index (χ4n) is 2.05. The molecular weight excluding hydrogens is 316 g/mol. The van der Waals surface area contributed by atoms with E-state index < -0.39 is 10.0 Å². The summed E-state index contributed by atoms with van der Waals surface area (Å²) in [5, 5.41) is 7.09. The monoisotopic (exact) mass is 338 g/mol. The molecule has 1 heterocycles. The maximum absolute atomic E-state index is 11.7. The van der Waals surface area contributed by atoms with Gasteiger partial charge in [-0.1, -0.05) is 17.3 Å². The van der Waals surface area contributed by atoms with Gasteiger partial charge in [0, 0.05) is 18.9 Å². The summed E-state index contributed by atoms with van der Waals surface area (Å²) in [5.74, 6) is 1.28. The minimum absolute atomic E-state index is 0.255. The van der Waals surface area contributed by atoms with Crippen molar-refractivity contribution in [3.63, 3.8) is 0 Å². The first-order valence-electron chi connectivity index (χ1n) is 7.46. The number of nitrogens with one attached hydrogen (secondary N) is 2. The largest absolute Gasteiger partial charge is 0.339 e. The molecule has 1 atom stereocenters. The number of hydrogen-bond donors (Lipinski definition) is 2. The third-order valence-electron chi connectivity index (χ3n) is 3.62. The van der Waals surface area contributed by atoms with Crippen LogP contribution in [0.1, 0.15) is 24.2 Å². The lowest BCUT2D eigenvalue weighted by molar-refractivity contribution is 0.371. The first kappa shape index (κ1) is 17.6. The molecular formula is C15H22N4O3S. The Kier molecular flexibility index (Phi) is 5.86. The van der Waals surface area contributed by atoms with Crippen LogP contribution in [0.3, 0.4) is 0 Å². The number of aryl methyl sites for hydroxylation is 2. The van der Waals surface area contributed by atoms with Crippen molar-refractivity contribution in [3.05, 3.63) is 41.5 Å². The van der Waals surface area contributed by atoms with Crippen LogP contribution in [0.5, 0.6) is 0 Å². The van der Waals surface area contributed by atoms with E-state index >= 15 is 0 Å². The zero-order valence-corrected chi connectivity index (χ0v) is 14.4. The molecule has 0 aliphatic carbocycles. The summed E-state index contributed by atoms with van der Waals surface area (Å²) in [7, 11) is -0.103. The van der Waals surface area contributed by atoms with Crippen molar-refractivity contribution in [1.29, 1.82) is 0 Å². The fourth-order valence-corrected chi connectivity index (χ4v) is 2.79. The number of likely N-dealkylation sites (N-methyl/N-ethyl adjacent to an activating group) is 1. The normalized spacial score (nSPS) is 13.2. The minimum Gasteiger partial charge on any atom is -0.339 e. The van der Waals surface area contributed by atoms with Crippen LogP contribution in [0.2, 0.25) is 0 Å². The average molecular weight is 338 g/mol. The summed E-state index contributed by atoms with van der Waals surface area (Å²) in [6, 6.07) is 7.07. The summed E-state index contributed by atoms with van der Waals surface area (Å²) in [4.78, 5) is 4.61. The maximum Gasteiger partial charge on any atom is 0.240 e. The van der Waals surface area contributed by atoms with Crippen molar-refractivity contribution >= 4 is 10.0 Å². The van der Waals surface area contributed by atoms with Crippen LogP contribution in [0.25, 0.3) is 0 Å². The molecule has 0 saturated carbocycles. The lowest BCUT2D eigenvalue weighted by atomic mass is 10.1. The number of sulfonamides is 1. The Morgan fingerprint density at radius 1 is 1.17 bits per heavy atom. The van der Waals surface area contributed by atoms with Gasteiger partial charge >= 0.3 is 0 Å². The quantitative estimate of drug-likeness (QED) is 0.743. The van der Waals surface area contributed by atoms with Gasteiger partial charge < -0.3 is 9.84 Å². The van der Waals surface area contributed by atoms with Crippen LogP contribution < -0.4 is 10.0 Å². The third-order valence-corrected chi connectivity index (χ3v) is 5.05. The van der Waals surface area contributed by atoms with Crippen molar-refractivity contribution in [2.75, 3.05) is 14.1 Å². The molecule has 2 rings (SSSR count). The number of hydrogen-bond acceptors (Lipinski definition) is 6. The molecule has 0 bridgehead atoms. The van der Waals surface area contributed by atoms with E-state index in [4.69, 9.17) is 4.52 Å². The van der Waals surface area contributed by atoms with Crippen LogP contribution >= 0.6 is 0 Å². The Bertz CT molecular complexity index is 725. The highest BCUT2D eigenvalue weighted by molar-refractivity contribution is 7.89. The number of benzene rings is 1. The topological polar surface area (TPSA) is 97.1 Å². The predicted octanol–water partition coefficient (Wildman–Crippen LogP) is 0.913. The van der Waals surface area contributed by atoms with Crippen LogP contribution in [-0.2, 0) is 29.3 Å². The second-order valence-electron chi connectivity index (χ2n) is 5.35. The summed E-state index contributed by atoms with van der Waals surface area (Å²) in [6.45, 7) is 2.05. The fraction of sp³-hybridized carbons (Fsp3) is 0.467. The second-order valence-corrected chi connectivity index (χ2v) is 7.24. The molecule has 126 valence electrons. The Hall–Kier alpha value is -1.77. The van der Waals surface area contributed by atoms with E-state index in [9.17, 15) is 8.42 Å². The van der Waals surface area contributed by atoms with Gasteiger partial charge in [-0.05, 0) is 45.1 Å². The molecule has 0 amide bonds. The van der Waals surface area contributed by atoms with Crippen LogP contribution in [-0.4, -0.2) is 38.7 Å². The molecule has 1 aromatic heterocycles. The summed E-state index contributed by atoms with van der Waals surface area (Å²) >= 11 is 0. The standard InChI is InChI=1S/C15H22N4O3S/c1-11(16-2)10-14-18-15(22-19-14)9-6-12-4-7-13(8-5-12)23(20,21)17-3/h4-5,7-8,11,16-17H,6,9-10H2,1-3H3. The van der Waals surface area contributed by atoms with Gasteiger partial charge in [-0.15, -0.1) is 0 Å². The predicted molar refractivity (Wildman–Crippen MR) is 86.6 cm³/mol. The molecule has 2 aromatic rings. The highest BCUT2D eigenvalue weighted by Crippen LogP contribution is 2.12. The van der Waals surface area contributed by atoms with Crippen molar-refractivity contribution in [1.82, 2.24) is 20.2 Å². The molecule has 2 N–H and O–H groups in total. The van der Waals surface area contributed by atoms with Crippen molar-refractivity contribution in [3.8, 4) is 0 Å². The summed E-state index contributed by atoms with van der Waals surface area (Å²) < 4.78 is 30.8. The van der Waals surface area contributed by atoms with Crippen LogP contribution in [0.4, 0.5) is 0 Å². The SMILES string of the molecule is CNC(C)Cc1noc(CCc2ccc(S(=O)(=O)NC)cc2)n1. The lowest BCUT2D eigenvalue weighted by Gasteiger charge is -2.04. The molecule has 0 radical (unpaired) electrons. The zero-order chi connectivity index (χ0) is 16.9. The highest BCUT2D eigenvalue weighted by Gasteiger charge is 2.12. The minimum atomic E-state index is -3.39. The van der Waals surface area contributed by atoms with Crippen LogP contribution in [0, 0.1) is 0 Å². The molecule has 7 nitrogen and oxygen atoms in total. The van der Waals surface area contributed by atoms with Crippen molar-refractivity contribution in [2.24, 2.45) is 0 Å². The van der Waals surface area contributed by atoms with Crippen molar-refractivity contribution in [2.45, 2.75) is 37.1 Å². The first-order valence-corrected chi connectivity index (χ1v) is 8.94. The molecule has 0 aliphatic rings. The smallest absolute Gasteiger partial charge is 0.240 e. The van der Waals surface area contributed by atoms with E-state index in [-0.39, 0.29) is 4.90 Å². The number of nitrogens with zero attached hydrogens (tertiary/aromatic N) is 2. The average Bonchev–Trinajstić information content (AvgIpc) is 3.00. The Balaban J connectivity index is 1.94. The van der Waals surface area contributed by atoms with Gasteiger partial charge in [-0.2, -0.15) is 4.98 Å². The molecule has 1 aromatic carbocycles. The van der Waals surface area contributed by atoms with Crippen molar-refractivity contribution < 1.29 is 12.9 Å². The lowest BCUT2D eigenvalue weighted by Crippen LogP contribution is -2.24. The highest BCUT2D eigenvalue weighted by atomic mass is 32.2. The molecule has 0 spiro atoms. The summed E-state index contributed by atoms with van der Waals surface area (Å²) in [5.41, 5.74) is 1.02. The molecule has 8 heteroatoms. The van der Waals surface area contributed by atoms with Gasteiger partial charge in [-0.3, -0.25) is 0 Å². The van der Waals surface area contributed by atoms with E-state index in [1.165, 1.54) is 7.05 Å². The molecule has 23 heavy (non-hydrogen) atoms. The molecule has 0 aliphatic heterocycles. The van der Waals surface area contributed by atoms with E-state index in [1.54, 1.807) is 24.3 Å². The zero-order valence-electron chi connectivity index (χ0n) is 13.5. The van der Waals surface area contributed by atoms with E-state index in [1.807, 2.05) is 7.05 Å². The van der Waals surface area contributed by atoms with E-state index in [0.29, 0.717) is 30.6 Å². The van der Waals surface area contributed by atoms with Gasteiger partial charge in [0.1, 0.15) is 0 Å². The molecule has 0 saturated heterocycles. The van der Waals surface area contributed by atoms with Gasteiger partial charge in [0.2, 0.25) is 15.9 Å². The van der Waals surface area contributed by atoms with Gasteiger partial charge in [0.05, 0.1) is 4.90 Å². The van der Waals surface area contributed by atoms with E-state index in [0.717, 1.165) is 12.0 Å². The third kappa shape index (κ3) is 4.85. The van der Waals surface area contributed by atoms with Gasteiger partial charge in [-0.25, -0.2) is 13.1 Å². The first-order chi connectivity index (χ1) is 10.9. The van der Waals surface area contributed by atoms with Gasteiger partial charge in [0.25, 0.3) is 0 Å². The Morgan fingerprint density at radius 3 is 2.48 bits per heavy atom. The van der Waals surface area contributed by atoms with Crippen LogP contribution in [0.15, 0.2) is 33.7 Å². The maximum atomic E-state index is 11.7. The van der Waals surface area contributed by atoms with E-state index in [2.05, 4.69) is 27.1 Å². The molecule has 1 unspecified atom stereocenters. The number of rotatable bonds is 8. The Morgan fingerprint density at radius 2 is 1.87 bits per heavy atom. The summed E-state index contributed by atoms with van der Waals surface area (Å²) in [6.07, 6.45) is 2.05. The Labute approximate surface area is 136 Å². The molecule has 0 fully saturated rings. The second kappa shape index (κ2) is 7.67.